The number of primary amides is 1. The van der Waals surface area contributed by atoms with Gasteiger partial charge in [-0.25, -0.2) is 0 Å². The number of nitrogens with one attached hydrogen (secondary N) is 1. The van der Waals surface area contributed by atoms with Crippen molar-refractivity contribution in [2.75, 3.05) is 0 Å². The molecule has 3 N–H and O–H groups in total. The van der Waals surface area contributed by atoms with Crippen molar-refractivity contribution in [1.82, 2.24) is 15.2 Å². The summed E-state index contributed by atoms with van der Waals surface area (Å²) < 4.78 is 0. The van der Waals surface area contributed by atoms with Crippen molar-refractivity contribution >= 4 is 16.8 Å². The third-order valence-corrected chi connectivity index (χ3v) is 3.90. The number of fused-ring (bicyclic) bond motifs is 1. The Hall–Kier alpha value is -2.69. The van der Waals surface area contributed by atoms with E-state index in [1.807, 2.05) is 37.3 Å². The van der Waals surface area contributed by atoms with Gasteiger partial charge < -0.3 is 5.73 Å². The number of hydrogen-bond donors (Lipinski definition) is 2. The molecule has 0 aliphatic heterocycles. The maximum atomic E-state index is 12.0. The number of aromatic nitrogens is 3. The van der Waals surface area contributed by atoms with E-state index in [9.17, 15) is 4.79 Å². The van der Waals surface area contributed by atoms with Crippen molar-refractivity contribution < 1.29 is 4.79 Å². The van der Waals surface area contributed by atoms with Gasteiger partial charge in [-0.05, 0) is 42.7 Å². The van der Waals surface area contributed by atoms with Crippen molar-refractivity contribution in [3.8, 4) is 0 Å². The Bertz CT molecular complexity index is 781. The van der Waals surface area contributed by atoms with Crippen LogP contribution >= 0.6 is 0 Å². The number of benzene rings is 1. The fourth-order valence-electron chi connectivity index (χ4n) is 2.53. The molecular formula is C16H16N4O. The van der Waals surface area contributed by atoms with E-state index >= 15 is 0 Å². The van der Waals surface area contributed by atoms with Crippen LogP contribution < -0.4 is 5.73 Å². The van der Waals surface area contributed by atoms with E-state index in [1.54, 1.807) is 18.6 Å². The molecule has 0 aliphatic carbocycles. The SMILES string of the molecule is CC(Cc1ccc2[nH]ncc2c1)(C(N)=O)c1cccnc1. The highest BCUT2D eigenvalue weighted by atomic mass is 16.1. The van der Waals surface area contributed by atoms with Gasteiger partial charge in [-0.1, -0.05) is 12.1 Å². The minimum absolute atomic E-state index is 0.359. The number of amides is 1. The van der Waals surface area contributed by atoms with E-state index in [0.717, 1.165) is 22.0 Å². The molecule has 0 fully saturated rings. The molecular weight excluding hydrogens is 264 g/mol. The lowest BCUT2D eigenvalue weighted by Crippen LogP contribution is -2.40. The van der Waals surface area contributed by atoms with Crippen LogP contribution in [0.25, 0.3) is 10.9 Å². The van der Waals surface area contributed by atoms with Gasteiger partial charge in [-0.3, -0.25) is 14.9 Å². The molecule has 0 spiro atoms. The minimum atomic E-state index is -0.786. The molecule has 0 saturated heterocycles. The molecule has 21 heavy (non-hydrogen) atoms. The standard InChI is InChI=1S/C16H16N4O/c1-16(15(17)21,13-3-2-6-18-10-13)8-11-4-5-14-12(7-11)9-19-20-14/h2-7,9-10H,8H2,1H3,(H2,17,21)(H,19,20). The Morgan fingerprint density at radius 2 is 2.19 bits per heavy atom. The van der Waals surface area contributed by atoms with Crippen molar-refractivity contribution in [1.29, 1.82) is 0 Å². The number of carbonyl (C=O) groups is 1. The van der Waals surface area contributed by atoms with Crippen molar-refractivity contribution in [3.05, 3.63) is 60.0 Å². The summed E-state index contributed by atoms with van der Waals surface area (Å²) in [6.07, 6.45) is 5.67. The molecule has 1 atom stereocenters. The number of rotatable bonds is 4. The monoisotopic (exact) mass is 280 g/mol. The quantitative estimate of drug-likeness (QED) is 0.766. The van der Waals surface area contributed by atoms with Crippen LogP contribution in [0.1, 0.15) is 18.1 Å². The highest BCUT2D eigenvalue weighted by molar-refractivity contribution is 5.87. The van der Waals surface area contributed by atoms with Gasteiger partial charge in [0.05, 0.1) is 17.1 Å². The Morgan fingerprint density at radius 1 is 1.33 bits per heavy atom. The number of carbonyl (C=O) groups excluding carboxylic acids is 1. The summed E-state index contributed by atoms with van der Waals surface area (Å²) in [6, 6.07) is 9.67. The molecule has 5 heteroatoms. The maximum Gasteiger partial charge on any atom is 0.228 e. The summed E-state index contributed by atoms with van der Waals surface area (Å²) >= 11 is 0. The second-order valence-electron chi connectivity index (χ2n) is 5.41. The fourth-order valence-corrected chi connectivity index (χ4v) is 2.53. The zero-order valence-electron chi connectivity index (χ0n) is 11.7. The molecule has 1 aromatic carbocycles. The van der Waals surface area contributed by atoms with Gasteiger partial charge in [0.15, 0.2) is 0 Å². The number of hydrogen-bond acceptors (Lipinski definition) is 3. The van der Waals surface area contributed by atoms with Crippen LogP contribution in [0.5, 0.6) is 0 Å². The van der Waals surface area contributed by atoms with Crippen LogP contribution in [0.15, 0.2) is 48.9 Å². The van der Waals surface area contributed by atoms with Gasteiger partial charge in [-0.2, -0.15) is 5.10 Å². The summed E-state index contributed by atoms with van der Waals surface area (Å²) in [7, 11) is 0. The van der Waals surface area contributed by atoms with Crippen molar-refractivity contribution in [2.24, 2.45) is 5.73 Å². The third-order valence-electron chi connectivity index (χ3n) is 3.90. The summed E-state index contributed by atoms with van der Waals surface area (Å²) in [6.45, 7) is 1.85. The van der Waals surface area contributed by atoms with Crippen LogP contribution in [0.4, 0.5) is 0 Å². The van der Waals surface area contributed by atoms with Crippen molar-refractivity contribution in [3.63, 3.8) is 0 Å². The molecule has 5 nitrogen and oxygen atoms in total. The number of nitrogens with two attached hydrogens (primary N) is 1. The summed E-state index contributed by atoms with van der Waals surface area (Å²) in [5, 5.41) is 7.94. The second kappa shape index (κ2) is 5.01. The van der Waals surface area contributed by atoms with E-state index in [4.69, 9.17) is 5.73 Å². The fraction of sp³-hybridized carbons (Fsp3) is 0.188. The average Bonchev–Trinajstić information content (AvgIpc) is 2.95. The van der Waals surface area contributed by atoms with Gasteiger partial charge in [0.25, 0.3) is 0 Å². The van der Waals surface area contributed by atoms with Crippen LogP contribution in [0.2, 0.25) is 0 Å². The molecule has 0 saturated carbocycles. The lowest BCUT2D eigenvalue weighted by Gasteiger charge is -2.26. The van der Waals surface area contributed by atoms with Crippen LogP contribution in [-0.4, -0.2) is 21.1 Å². The first-order valence-electron chi connectivity index (χ1n) is 6.72. The first-order chi connectivity index (χ1) is 10.1. The van der Waals surface area contributed by atoms with E-state index in [2.05, 4.69) is 15.2 Å². The Balaban J connectivity index is 2.00. The molecule has 3 aromatic rings. The minimum Gasteiger partial charge on any atom is -0.369 e. The van der Waals surface area contributed by atoms with Gasteiger partial charge in [0, 0.05) is 17.8 Å². The van der Waals surface area contributed by atoms with Crippen LogP contribution in [0.3, 0.4) is 0 Å². The largest absolute Gasteiger partial charge is 0.369 e. The predicted octanol–water partition coefficient (Wildman–Crippen LogP) is 1.94. The molecule has 1 amide bonds. The zero-order valence-corrected chi connectivity index (χ0v) is 11.7. The highest BCUT2D eigenvalue weighted by Crippen LogP contribution is 2.28. The van der Waals surface area contributed by atoms with Crippen LogP contribution in [0, 0.1) is 0 Å². The highest BCUT2D eigenvalue weighted by Gasteiger charge is 2.33. The zero-order chi connectivity index (χ0) is 14.9. The van der Waals surface area contributed by atoms with Gasteiger partial charge in [0.1, 0.15) is 0 Å². The number of aromatic amines is 1. The van der Waals surface area contributed by atoms with Gasteiger partial charge >= 0.3 is 0 Å². The summed E-state index contributed by atoms with van der Waals surface area (Å²) in [5.74, 6) is -0.359. The van der Waals surface area contributed by atoms with Gasteiger partial charge in [-0.15, -0.1) is 0 Å². The summed E-state index contributed by atoms with van der Waals surface area (Å²) in [5.41, 5.74) is 7.71. The molecule has 0 aliphatic rings. The van der Waals surface area contributed by atoms with E-state index in [1.165, 1.54) is 0 Å². The molecule has 3 rings (SSSR count). The molecule has 0 bridgehead atoms. The summed E-state index contributed by atoms with van der Waals surface area (Å²) in [4.78, 5) is 16.1. The molecule has 2 heterocycles. The molecule has 0 radical (unpaired) electrons. The first kappa shape index (κ1) is 13.3. The average molecular weight is 280 g/mol. The van der Waals surface area contributed by atoms with Crippen LogP contribution in [-0.2, 0) is 16.6 Å². The topological polar surface area (TPSA) is 84.7 Å². The number of pyridine rings is 1. The first-order valence-corrected chi connectivity index (χ1v) is 6.72. The maximum absolute atomic E-state index is 12.0. The third kappa shape index (κ3) is 2.38. The number of H-pyrrole nitrogens is 1. The molecule has 1 unspecified atom stereocenters. The van der Waals surface area contributed by atoms with E-state index in [0.29, 0.717) is 6.42 Å². The van der Waals surface area contributed by atoms with Crippen molar-refractivity contribution in [2.45, 2.75) is 18.8 Å². The van der Waals surface area contributed by atoms with E-state index < -0.39 is 5.41 Å². The lowest BCUT2D eigenvalue weighted by atomic mass is 9.77. The molecule has 106 valence electrons. The van der Waals surface area contributed by atoms with Gasteiger partial charge in [0.2, 0.25) is 5.91 Å². The number of nitrogens with zero attached hydrogens (tertiary/aromatic N) is 2. The molecule has 2 aromatic heterocycles. The smallest absolute Gasteiger partial charge is 0.228 e. The predicted molar refractivity (Wildman–Crippen MR) is 80.6 cm³/mol. The lowest BCUT2D eigenvalue weighted by molar-refractivity contribution is -0.123. The normalized spacial score (nSPS) is 14.0. The van der Waals surface area contributed by atoms with E-state index in [-0.39, 0.29) is 5.91 Å². The second-order valence-corrected chi connectivity index (χ2v) is 5.41. The Kier molecular flexibility index (Phi) is 3.17. The Labute approximate surface area is 122 Å². The Morgan fingerprint density at radius 3 is 2.90 bits per heavy atom.